The van der Waals surface area contributed by atoms with Gasteiger partial charge in [-0.1, -0.05) is 26.2 Å². The first kappa shape index (κ1) is 12.4. The predicted octanol–water partition coefficient (Wildman–Crippen LogP) is 3.43. The zero-order chi connectivity index (χ0) is 10.2. The minimum absolute atomic E-state index is 0.493. The average molecular weight is 215 g/mol. The fourth-order valence-corrected chi connectivity index (χ4v) is 3.02. The molecule has 0 radical (unpaired) electrons. The second kappa shape index (κ2) is 7.58. The highest BCUT2D eigenvalue weighted by atomic mass is 32.2. The van der Waals surface area contributed by atoms with Crippen molar-refractivity contribution >= 4 is 11.8 Å². The molecule has 1 aliphatic rings. The molecule has 84 valence electrons. The number of hydrogen-bond donors (Lipinski definition) is 1. The van der Waals surface area contributed by atoms with Crippen LogP contribution < -0.4 is 5.73 Å². The predicted molar refractivity (Wildman–Crippen MR) is 66.8 cm³/mol. The van der Waals surface area contributed by atoms with E-state index in [1.165, 1.54) is 56.5 Å². The summed E-state index contributed by atoms with van der Waals surface area (Å²) < 4.78 is 0. The molecule has 14 heavy (non-hydrogen) atoms. The largest absolute Gasteiger partial charge is 0.327 e. The summed E-state index contributed by atoms with van der Waals surface area (Å²) in [6, 6.07) is 0.493. The normalized spacial score (nSPS) is 21.0. The lowest BCUT2D eigenvalue weighted by Gasteiger charge is -2.27. The number of hydrogen-bond acceptors (Lipinski definition) is 2. The van der Waals surface area contributed by atoms with Crippen molar-refractivity contribution in [2.75, 3.05) is 11.5 Å². The van der Waals surface area contributed by atoms with E-state index in [0.717, 1.165) is 5.92 Å². The first-order valence-electron chi connectivity index (χ1n) is 6.18. The molecule has 0 aromatic heterocycles. The van der Waals surface area contributed by atoms with Gasteiger partial charge in [0, 0.05) is 6.04 Å². The third-order valence-corrected chi connectivity index (χ3v) is 4.27. The van der Waals surface area contributed by atoms with Crippen molar-refractivity contribution in [1.82, 2.24) is 0 Å². The molecule has 1 atom stereocenters. The van der Waals surface area contributed by atoms with Gasteiger partial charge in [-0.15, -0.1) is 0 Å². The first-order chi connectivity index (χ1) is 6.84. The van der Waals surface area contributed by atoms with Gasteiger partial charge in [0.2, 0.25) is 0 Å². The summed E-state index contributed by atoms with van der Waals surface area (Å²) in [6.07, 6.45) is 9.62. The Morgan fingerprint density at radius 3 is 2.64 bits per heavy atom. The molecule has 0 spiro atoms. The van der Waals surface area contributed by atoms with Crippen LogP contribution in [0.3, 0.4) is 0 Å². The second-order valence-electron chi connectivity index (χ2n) is 4.40. The Labute approximate surface area is 93.2 Å². The van der Waals surface area contributed by atoms with E-state index in [0.29, 0.717) is 6.04 Å². The highest BCUT2D eigenvalue weighted by Crippen LogP contribution is 2.27. The van der Waals surface area contributed by atoms with E-state index in [1.807, 2.05) is 11.8 Å². The van der Waals surface area contributed by atoms with Gasteiger partial charge in [-0.3, -0.25) is 0 Å². The van der Waals surface area contributed by atoms with E-state index in [-0.39, 0.29) is 0 Å². The summed E-state index contributed by atoms with van der Waals surface area (Å²) in [5.74, 6) is 3.39. The molecule has 1 fully saturated rings. The fraction of sp³-hybridized carbons (Fsp3) is 1.00. The SMILES string of the molecule is CCSCCCC(N)C1CCCCC1. The van der Waals surface area contributed by atoms with Gasteiger partial charge < -0.3 is 5.73 Å². The molecule has 2 N–H and O–H groups in total. The summed E-state index contributed by atoms with van der Waals surface area (Å²) in [4.78, 5) is 0. The topological polar surface area (TPSA) is 26.0 Å². The molecule has 0 aromatic carbocycles. The monoisotopic (exact) mass is 215 g/mol. The maximum Gasteiger partial charge on any atom is 0.00674 e. The Morgan fingerprint density at radius 2 is 2.00 bits per heavy atom. The quantitative estimate of drug-likeness (QED) is 0.687. The van der Waals surface area contributed by atoms with Crippen molar-refractivity contribution in [2.45, 2.75) is 57.9 Å². The average Bonchev–Trinajstić information content (AvgIpc) is 2.25. The molecular weight excluding hydrogens is 190 g/mol. The third kappa shape index (κ3) is 4.70. The third-order valence-electron chi connectivity index (χ3n) is 3.29. The first-order valence-corrected chi connectivity index (χ1v) is 7.33. The molecule has 0 saturated heterocycles. The molecular formula is C12H25NS. The van der Waals surface area contributed by atoms with Crippen LogP contribution in [0.1, 0.15) is 51.9 Å². The molecule has 1 rings (SSSR count). The van der Waals surface area contributed by atoms with Gasteiger partial charge in [-0.05, 0) is 43.1 Å². The lowest BCUT2D eigenvalue weighted by atomic mass is 9.83. The summed E-state index contributed by atoms with van der Waals surface area (Å²) in [6.45, 7) is 2.23. The van der Waals surface area contributed by atoms with Crippen LogP contribution in [0.2, 0.25) is 0 Å². The van der Waals surface area contributed by atoms with Crippen molar-refractivity contribution < 1.29 is 0 Å². The summed E-state index contributed by atoms with van der Waals surface area (Å²) in [5, 5.41) is 0. The lowest BCUT2D eigenvalue weighted by molar-refractivity contribution is 0.294. The maximum absolute atomic E-state index is 6.22. The molecule has 1 unspecified atom stereocenters. The highest BCUT2D eigenvalue weighted by molar-refractivity contribution is 7.99. The zero-order valence-corrected chi connectivity index (χ0v) is 10.3. The summed E-state index contributed by atoms with van der Waals surface area (Å²) >= 11 is 2.04. The van der Waals surface area contributed by atoms with Crippen molar-refractivity contribution in [2.24, 2.45) is 11.7 Å². The van der Waals surface area contributed by atoms with Crippen LogP contribution in [0.15, 0.2) is 0 Å². The summed E-state index contributed by atoms with van der Waals surface area (Å²) in [7, 11) is 0. The molecule has 0 aromatic rings. The molecule has 1 saturated carbocycles. The van der Waals surface area contributed by atoms with Gasteiger partial charge in [-0.2, -0.15) is 11.8 Å². The van der Waals surface area contributed by atoms with Crippen LogP contribution in [-0.4, -0.2) is 17.5 Å². The Hall–Kier alpha value is 0.310. The van der Waals surface area contributed by atoms with Gasteiger partial charge in [0.25, 0.3) is 0 Å². The molecule has 1 nitrogen and oxygen atoms in total. The van der Waals surface area contributed by atoms with Gasteiger partial charge in [0.1, 0.15) is 0 Å². The number of thioether (sulfide) groups is 1. The molecule has 0 aliphatic heterocycles. The van der Waals surface area contributed by atoms with Gasteiger partial charge in [-0.25, -0.2) is 0 Å². The number of nitrogens with two attached hydrogens (primary N) is 1. The van der Waals surface area contributed by atoms with E-state index in [1.54, 1.807) is 0 Å². The van der Waals surface area contributed by atoms with Crippen LogP contribution in [0.25, 0.3) is 0 Å². The standard InChI is InChI=1S/C12H25NS/c1-2-14-10-6-9-12(13)11-7-4-3-5-8-11/h11-12H,2-10,13H2,1H3. The molecule has 2 heteroatoms. The van der Waals surface area contributed by atoms with Crippen LogP contribution in [0.5, 0.6) is 0 Å². The van der Waals surface area contributed by atoms with Crippen LogP contribution >= 0.6 is 11.8 Å². The number of rotatable bonds is 6. The Kier molecular flexibility index (Phi) is 6.70. The fourth-order valence-electron chi connectivity index (χ4n) is 2.36. The van der Waals surface area contributed by atoms with Gasteiger partial charge >= 0.3 is 0 Å². The smallest absolute Gasteiger partial charge is 0.00674 e. The van der Waals surface area contributed by atoms with E-state index in [2.05, 4.69) is 6.92 Å². The zero-order valence-electron chi connectivity index (χ0n) is 9.50. The molecule has 0 amide bonds. The van der Waals surface area contributed by atoms with Gasteiger partial charge in [0.15, 0.2) is 0 Å². The molecule has 1 aliphatic carbocycles. The van der Waals surface area contributed by atoms with E-state index >= 15 is 0 Å². The van der Waals surface area contributed by atoms with E-state index < -0.39 is 0 Å². The van der Waals surface area contributed by atoms with Crippen LogP contribution in [0.4, 0.5) is 0 Å². The minimum atomic E-state index is 0.493. The van der Waals surface area contributed by atoms with Crippen molar-refractivity contribution in [3.05, 3.63) is 0 Å². The Bertz CT molecular complexity index is 132. The second-order valence-corrected chi connectivity index (χ2v) is 5.79. The maximum atomic E-state index is 6.22. The minimum Gasteiger partial charge on any atom is -0.327 e. The Balaban J connectivity index is 2.04. The summed E-state index contributed by atoms with van der Waals surface area (Å²) in [5.41, 5.74) is 6.22. The van der Waals surface area contributed by atoms with E-state index in [9.17, 15) is 0 Å². The van der Waals surface area contributed by atoms with Crippen LogP contribution in [0, 0.1) is 5.92 Å². The lowest BCUT2D eigenvalue weighted by Crippen LogP contribution is -2.31. The molecule has 0 bridgehead atoms. The van der Waals surface area contributed by atoms with Crippen molar-refractivity contribution in [3.63, 3.8) is 0 Å². The highest BCUT2D eigenvalue weighted by Gasteiger charge is 2.19. The van der Waals surface area contributed by atoms with Crippen molar-refractivity contribution in [1.29, 1.82) is 0 Å². The van der Waals surface area contributed by atoms with Gasteiger partial charge in [0.05, 0.1) is 0 Å². The van der Waals surface area contributed by atoms with Crippen molar-refractivity contribution in [3.8, 4) is 0 Å². The Morgan fingerprint density at radius 1 is 1.29 bits per heavy atom. The molecule has 0 heterocycles. The van der Waals surface area contributed by atoms with E-state index in [4.69, 9.17) is 5.73 Å². The van der Waals surface area contributed by atoms with Crippen LogP contribution in [-0.2, 0) is 0 Å².